The van der Waals surface area contributed by atoms with E-state index in [1.54, 1.807) is 6.08 Å². The molecule has 3 atom stereocenters. The number of hydrogen-bond donors (Lipinski definition) is 2. The molecule has 0 spiro atoms. The summed E-state index contributed by atoms with van der Waals surface area (Å²) in [5, 5.41) is 13.8. The van der Waals surface area contributed by atoms with Crippen molar-refractivity contribution < 1.29 is 32.9 Å². The summed E-state index contributed by atoms with van der Waals surface area (Å²) < 4.78 is 23.2. The number of aliphatic hydroxyl groups excluding tert-OH is 1. The Bertz CT molecular complexity index is 1230. The molecule has 0 bridgehead atoms. The Kier molecular flexibility index (Phi) is 48.3. The molecule has 3 unspecified atom stereocenters. The van der Waals surface area contributed by atoms with Gasteiger partial charge in [-0.05, 0) is 64.2 Å². The Morgan fingerprint density at radius 2 is 0.881 bits per heavy atom. The van der Waals surface area contributed by atoms with E-state index in [9.17, 15) is 19.4 Å². The van der Waals surface area contributed by atoms with E-state index in [0.717, 1.165) is 44.9 Å². The number of carbonyl (C=O) groups excluding carboxylic acids is 1. The van der Waals surface area contributed by atoms with Gasteiger partial charge in [-0.3, -0.25) is 9.36 Å². The normalized spacial score (nSPS) is 14.3. The van der Waals surface area contributed by atoms with Gasteiger partial charge in [0.1, 0.15) is 13.2 Å². The van der Waals surface area contributed by atoms with Gasteiger partial charge >= 0.3 is 0 Å². The van der Waals surface area contributed by atoms with Gasteiger partial charge in [0.25, 0.3) is 7.82 Å². The van der Waals surface area contributed by atoms with E-state index in [1.807, 2.05) is 27.2 Å². The number of unbranched alkanes of at least 4 members (excludes halogenated alkanes) is 33. The van der Waals surface area contributed by atoms with Crippen LogP contribution in [0.25, 0.3) is 0 Å². The third kappa shape index (κ3) is 52.1. The van der Waals surface area contributed by atoms with Crippen LogP contribution in [0.5, 0.6) is 0 Å². The van der Waals surface area contributed by atoms with Crippen molar-refractivity contribution in [3.05, 3.63) is 48.6 Å². The highest BCUT2D eigenvalue weighted by Crippen LogP contribution is 2.38. The lowest BCUT2D eigenvalue weighted by Crippen LogP contribution is -2.45. The number of nitrogens with zero attached hydrogens (tertiary/aromatic N) is 1. The van der Waals surface area contributed by atoms with Gasteiger partial charge in [-0.15, -0.1) is 0 Å². The van der Waals surface area contributed by atoms with Crippen molar-refractivity contribution in [2.45, 2.75) is 276 Å². The molecule has 0 saturated heterocycles. The minimum absolute atomic E-state index is 0.00657. The molecule has 0 aliphatic heterocycles. The number of aliphatic hydroxyl groups is 1. The predicted molar refractivity (Wildman–Crippen MR) is 288 cm³/mol. The molecule has 0 aromatic rings. The number of phosphoric acid groups is 1. The molecular formula is C58H111N2O6P. The summed E-state index contributed by atoms with van der Waals surface area (Å²) in [6, 6.07) is -0.901. The fourth-order valence-corrected chi connectivity index (χ4v) is 8.98. The van der Waals surface area contributed by atoms with Crippen molar-refractivity contribution in [1.82, 2.24) is 5.32 Å². The Morgan fingerprint density at radius 1 is 0.522 bits per heavy atom. The Balaban J connectivity index is 3.93. The van der Waals surface area contributed by atoms with Gasteiger partial charge in [0.05, 0.1) is 39.9 Å². The summed E-state index contributed by atoms with van der Waals surface area (Å²) >= 11 is 0. The van der Waals surface area contributed by atoms with Crippen molar-refractivity contribution in [2.24, 2.45) is 0 Å². The highest BCUT2D eigenvalue weighted by molar-refractivity contribution is 7.45. The highest BCUT2D eigenvalue weighted by Gasteiger charge is 2.23. The standard InChI is InChI=1S/C58H111N2O6P/c1-6-8-10-12-14-16-18-19-20-21-22-23-24-25-26-27-28-29-30-31-32-33-34-35-36-37-38-39-40-41-42-44-46-48-50-52-58(62)59-56(55-66-67(63,64)65-54-53-60(3,4)5)57(61)51-49-47-45-43-17-15-13-11-9-7-2/h17,24-25,27-28,43,49,51,56-57,61H,6-16,18-23,26,29-42,44-48,50,52-55H2,1-5H3,(H-,59,62,63,64)/b25-24-,28-27-,43-17+,51-49+. The van der Waals surface area contributed by atoms with Crippen LogP contribution in [0.4, 0.5) is 0 Å². The highest BCUT2D eigenvalue weighted by atomic mass is 31.2. The van der Waals surface area contributed by atoms with E-state index >= 15 is 0 Å². The van der Waals surface area contributed by atoms with Crippen LogP contribution in [0, 0.1) is 0 Å². The number of carbonyl (C=O) groups is 1. The van der Waals surface area contributed by atoms with Crippen molar-refractivity contribution in [1.29, 1.82) is 0 Å². The maximum atomic E-state index is 12.9. The van der Waals surface area contributed by atoms with Gasteiger partial charge < -0.3 is 28.8 Å². The fourth-order valence-electron chi connectivity index (χ4n) is 8.26. The summed E-state index contributed by atoms with van der Waals surface area (Å²) in [4.78, 5) is 25.3. The first-order valence-corrected chi connectivity index (χ1v) is 30.0. The number of phosphoric ester groups is 1. The molecule has 9 heteroatoms. The molecule has 1 amide bonds. The van der Waals surface area contributed by atoms with Crippen LogP contribution in [-0.2, 0) is 18.4 Å². The fraction of sp³-hybridized carbons (Fsp3) is 0.845. The quantitative estimate of drug-likeness (QED) is 0.0272. The van der Waals surface area contributed by atoms with Crippen molar-refractivity contribution >= 4 is 13.7 Å². The third-order valence-electron chi connectivity index (χ3n) is 12.8. The third-order valence-corrected chi connectivity index (χ3v) is 13.7. The molecule has 0 radical (unpaired) electrons. The molecular weight excluding hydrogens is 852 g/mol. The van der Waals surface area contributed by atoms with Gasteiger partial charge in [-0.25, -0.2) is 0 Å². The van der Waals surface area contributed by atoms with E-state index < -0.39 is 26.6 Å². The molecule has 0 aromatic carbocycles. The van der Waals surface area contributed by atoms with E-state index in [1.165, 1.54) is 199 Å². The van der Waals surface area contributed by atoms with E-state index in [2.05, 4.69) is 55.6 Å². The van der Waals surface area contributed by atoms with Crippen molar-refractivity contribution in [2.75, 3.05) is 40.9 Å². The first-order valence-electron chi connectivity index (χ1n) is 28.5. The minimum atomic E-state index is -4.60. The lowest BCUT2D eigenvalue weighted by Gasteiger charge is -2.29. The predicted octanol–water partition coefficient (Wildman–Crippen LogP) is 16.5. The van der Waals surface area contributed by atoms with Crippen LogP contribution in [0.1, 0.15) is 264 Å². The lowest BCUT2D eigenvalue weighted by atomic mass is 10.0. The first kappa shape index (κ1) is 65.5. The Hall–Kier alpha value is -1.54. The van der Waals surface area contributed by atoms with E-state index in [0.29, 0.717) is 17.4 Å². The summed E-state index contributed by atoms with van der Waals surface area (Å²) in [5.74, 6) is -0.208. The van der Waals surface area contributed by atoms with Gasteiger partial charge in [0.15, 0.2) is 0 Å². The topological polar surface area (TPSA) is 108 Å². The number of hydrogen-bond acceptors (Lipinski definition) is 6. The molecule has 0 aliphatic carbocycles. The van der Waals surface area contributed by atoms with E-state index in [4.69, 9.17) is 9.05 Å². The summed E-state index contributed by atoms with van der Waals surface area (Å²) in [6.07, 6.45) is 65.1. The second kappa shape index (κ2) is 49.4. The molecule has 0 heterocycles. The van der Waals surface area contributed by atoms with Crippen LogP contribution in [-0.4, -0.2) is 68.5 Å². The molecule has 394 valence electrons. The van der Waals surface area contributed by atoms with Crippen LogP contribution in [0.2, 0.25) is 0 Å². The molecule has 0 aliphatic rings. The second-order valence-electron chi connectivity index (χ2n) is 20.6. The number of likely N-dealkylation sites (N-methyl/N-ethyl adjacent to an activating group) is 1. The summed E-state index contributed by atoms with van der Waals surface area (Å²) in [5.41, 5.74) is 0. The maximum Gasteiger partial charge on any atom is 0.268 e. The molecule has 2 N–H and O–H groups in total. The van der Waals surface area contributed by atoms with Crippen LogP contribution < -0.4 is 10.2 Å². The average molecular weight is 964 g/mol. The van der Waals surface area contributed by atoms with Gasteiger partial charge in [0.2, 0.25) is 5.91 Å². The monoisotopic (exact) mass is 963 g/mol. The SMILES string of the molecule is CCCCCC/C=C/CC/C=C/C(O)C(COP(=O)([O-])OCC[N+](C)(C)C)NC(=O)CCCCCCCCCCCCCCCCCCC/C=C\C/C=C\CCCCCCCCCCCCC. The molecule has 0 saturated carbocycles. The molecule has 67 heavy (non-hydrogen) atoms. The van der Waals surface area contributed by atoms with Crippen LogP contribution >= 0.6 is 7.82 Å². The number of quaternary nitrogens is 1. The number of amides is 1. The van der Waals surface area contributed by atoms with Crippen LogP contribution in [0.3, 0.4) is 0 Å². The van der Waals surface area contributed by atoms with Gasteiger partial charge in [-0.1, -0.05) is 242 Å². The smallest absolute Gasteiger partial charge is 0.268 e. The lowest BCUT2D eigenvalue weighted by molar-refractivity contribution is -0.870. The largest absolute Gasteiger partial charge is 0.756 e. The van der Waals surface area contributed by atoms with Gasteiger partial charge in [0, 0.05) is 6.42 Å². The molecule has 0 rings (SSSR count). The minimum Gasteiger partial charge on any atom is -0.756 e. The van der Waals surface area contributed by atoms with Crippen LogP contribution in [0.15, 0.2) is 48.6 Å². The van der Waals surface area contributed by atoms with Gasteiger partial charge in [-0.2, -0.15) is 0 Å². The zero-order valence-corrected chi connectivity index (χ0v) is 45.7. The Labute approximate surface area is 416 Å². The summed E-state index contributed by atoms with van der Waals surface area (Å²) in [7, 11) is 1.24. The number of nitrogens with one attached hydrogen (secondary N) is 1. The molecule has 0 fully saturated rings. The Morgan fingerprint density at radius 3 is 1.31 bits per heavy atom. The maximum absolute atomic E-state index is 12.9. The summed E-state index contributed by atoms with van der Waals surface area (Å²) in [6.45, 7) is 4.60. The molecule has 0 aromatic heterocycles. The average Bonchev–Trinajstić information content (AvgIpc) is 3.29. The van der Waals surface area contributed by atoms with E-state index in [-0.39, 0.29) is 12.5 Å². The second-order valence-corrected chi connectivity index (χ2v) is 22.0. The first-order chi connectivity index (χ1) is 32.5. The number of allylic oxidation sites excluding steroid dienone is 7. The van der Waals surface area contributed by atoms with Crippen molar-refractivity contribution in [3.63, 3.8) is 0 Å². The number of rotatable bonds is 52. The zero-order valence-electron chi connectivity index (χ0n) is 44.9. The zero-order chi connectivity index (χ0) is 49.2. The van der Waals surface area contributed by atoms with Crippen molar-refractivity contribution in [3.8, 4) is 0 Å². The molecule has 8 nitrogen and oxygen atoms in total.